The molecule has 0 aliphatic carbocycles. The molecule has 0 saturated carbocycles. The molecule has 298 valence electrons. The highest BCUT2D eigenvalue weighted by Gasteiger charge is 2.16. The molecule has 0 bridgehead atoms. The third-order valence-corrected chi connectivity index (χ3v) is 9.66. The Morgan fingerprint density at radius 1 is 0.451 bits per heavy atom. The predicted octanol–water partition coefficient (Wildman–Crippen LogP) is 14.0. The van der Waals surface area contributed by atoms with E-state index in [1.165, 1.54) is 148 Å². The number of esters is 2. The first kappa shape index (κ1) is 49.1. The molecule has 5 heteroatoms. The fraction of sp³-hybridized carbons (Fsp3) is 0.826. The summed E-state index contributed by atoms with van der Waals surface area (Å²) in [5.74, 6) is -0.639. The van der Waals surface area contributed by atoms with E-state index < -0.39 is 6.10 Å². The van der Waals surface area contributed by atoms with Crippen LogP contribution < -0.4 is 0 Å². The fourth-order valence-corrected chi connectivity index (χ4v) is 6.28. The van der Waals surface area contributed by atoms with Crippen molar-refractivity contribution in [3.8, 4) is 0 Å². The SMILES string of the molecule is CCCC/C=C/C/C=C/CCCCCCCC(=O)OC[C@H](CO)OC(=O)CCC/C=C/CCCCCCCCCCCCCCCCCCCC. The number of carbonyl (C=O) groups excluding carboxylic acids is 2. The zero-order valence-electron chi connectivity index (χ0n) is 33.9. The quantitative estimate of drug-likeness (QED) is 0.0388. The van der Waals surface area contributed by atoms with E-state index in [0.29, 0.717) is 12.8 Å². The Bertz CT molecular complexity index is 816. The van der Waals surface area contributed by atoms with E-state index in [2.05, 4.69) is 50.3 Å². The average molecular weight is 717 g/mol. The van der Waals surface area contributed by atoms with Crippen LogP contribution >= 0.6 is 0 Å². The second-order valence-corrected chi connectivity index (χ2v) is 14.8. The molecule has 1 atom stereocenters. The van der Waals surface area contributed by atoms with Gasteiger partial charge in [-0.1, -0.05) is 192 Å². The van der Waals surface area contributed by atoms with Crippen molar-refractivity contribution in [2.45, 2.75) is 232 Å². The average Bonchev–Trinajstić information content (AvgIpc) is 3.13. The van der Waals surface area contributed by atoms with Crippen LogP contribution in [0.2, 0.25) is 0 Å². The maximum absolute atomic E-state index is 12.2. The van der Waals surface area contributed by atoms with Gasteiger partial charge in [-0.15, -0.1) is 0 Å². The maximum Gasteiger partial charge on any atom is 0.306 e. The van der Waals surface area contributed by atoms with Crippen molar-refractivity contribution < 1.29 is 24.2 Å². The Balaban J connectivity index is 3.53. The van der Waals surface area contributed by atoms with E-state index in [-0.39, 0.29) is 25.2 Å². The normalized spacial score (nSPS) is 12.5. The molecule has 0 saturated heterocycles. The predicted molar refractivity (Wildman–Crippen MR) is 219 cm³/mol. The first-order chi connectivity index (χ1) is 25.1. The van der Waals surface area contributed by atoms with Crippen molar-refractivity contribution in [1.82, 2.24) is 0 Å². The summed E-state index contributed by atoms with van der Waals surface area (Å²) in [7, 11) is 0. The zero-order valence-corrected chi connectivity index (χ0v) is 33.9. The Kier molecular flexibility index (Phi) is 41.0. The summed E-state index contributed by atoms with van der Waals surface area (Å²) < 4.78 is 10.6. The van der Waals surface area contributed by atoms with Crippen molar-refractivity contribution >= 4 is 11.9 Å². The van der Waals surface area contributed by atoms with Gasteiger partial charge < -0.3 is 14.6 Å². The van der Waals surface area contributed by atoms with E-state index in [1.54, 1.807) is 0 Å². The molecule has 0 aliphatic rings. The van der Waals surface area contributed by atoms with Gasteiger partial charge in [-0.3, -0.25) is 9.59 Å². The maximum atomic E-state index is 12.2. The number of rotatable bonds is 40. The molecule has 0 aromatic carbocycles. The third kappa shape index (κ3) is 40.7. The van der Waals surface area contributed by atoms with E-state index in [9.17, 15) is 14.7 Å². The second-order valence-electron chi connectivity index (χ2n) is 14.8. The Morgan fingerprint density at radius 3 is 1.29 bits per heavy atom. The van der Waals surface area contributed by atoms with Gasteiger partial charge in [-0.05, 0) is 57.8 Å². The van der Waals surface area contributed by atoms with Gasteiger partial charge in [0.25, 0.3) is 0 Å². The number of aliphatic hydroxyl groups is 1. The summed E-state index contributed by atoms with van der Waals surface area (Å²) in [4.78, 5) is 24.3. The summed E-state index contributed by atoms with van der Waals surface area (Å²) in [6.45, 7) is 4.08. The first-order valence-corrected chi connectivity index (χ1v) is 22.0. The highest BCUT2D eigenvalue weighted by atomic mass is 16.6. The lowest BCUT2D eigenvalue weighted by atomic mass is 10.0. The molecule has 5 nitrogen and oxygen atoms in total. The van der Waals surface area contributed by atoms with Crippen LogP contribution in [0.25, 0.3) is 0 Å². The van der Waals surface area contributed by atoms with Crippen LogP contribution in [-0.2, 0) is 19.1 Å². The molecule has 0 aromatic rings. The minimum atomic E-state index is -0.790. The van der Waals surface area contributed by atoms with Crippen molar-refractivity contribution in [1.29, 1.82) is 0 Å². The molecule has 0 fully saturated rings. The van der Waals surface area contributed by atoms with Gasteiger partial charge in [0.15, 0.2) is 6.10 Å². The van der Waals surface area contributed by atoms with Gasteiger partial charge >= 0.3 is 11.9 Å². The summed E-state index contributed by atoms with van der Waals surface area (Å²) >= 11 is 0. The lowest BCUT2D eigenvalue weighted by Gasteiger charge is -2.15. The monoisotopic (exact) mass is 717 g/mol. The van der Waals surface area contributed by atoms with Gasteiger partial charge in [0.2, 0.25) is 0 Å². The summed E-state index contributed by atoms with van der Waals surface area (Å²) in [5, 5.41) is 9.57. The molecule has 0 radical (unpaired) electrons. The molecule has 1 N–H and O–H groups in total. The summed E-state index contributed by atoms with van der Waals surface area (Å²) in [5.41, 5.74) is 0. The number of aliphatic hydroxyl groups excluding tert-OH is 1. The molecule has 0 aliphatic heterocycles. The second kappa shape index (κ2) is 42.5. The fourth-order valence-electron chi connectivity index (χ4n) is 6.28. The Hall–Kier alpha value is -1.88. The molecular weight excluding hydrogens is 633 g/mol. The van der Waals surface area contributed by atoms with E-state index in [1.807, 2.05) is 0 Å². The van der Waals surface area contributed by atoms with Gasteiger partial charge in [0, 0.05) is 12.8 Å². The van der Waals surface area contributed by atoms with Crippen molar-refractivity contribution in [2.75, 3.05) is 13.2 Å². The Labute approximate surface area is 316 Å². The van der Waals surface area contributed by atoms with Gasteiger partial charge in [0.1, 0.15) is 6.61 Å². The number of hydrogen-bond acceptors (Lipinski definition) is 5. The van der Waals surface area contributed by atoms with Crippen LogP contribution in [0.4, 0.5) is 0 Å². The minimum Gasteiger partial charge on any atom is -0.462 e. The first-order valence-electron chi connectivity index (χ1n) is 22.0. The molecule has 0 amide bonds. The summed E-state index contributed by atoms with van der Waals surface area (Å²) in [6.07, 6.45) is 52.3. The number of ether oxygens (including phenoxy) is 2. The molecule has 51 heavy (non-hydrogen) atoms. The summed E-state index contributed by atoms with van der Waals surface area (Å²) in [6, 6.07) is 0. The smallest absolute Gasteiger partial charge is 0.306 e. The van der Waals surface area contributed by atoms with Crippen LogP contribution in [0.5, 0.6) is 0 Å². The molecule has 0 rings (SSSR count). The molecule has 0 spiro atoms. The van der Waals surface area contributed by atoms with Crippen molar-refractivity contribution in [3.63, 3.8) is 0 Å². The third-order valence-electron chi connectivity index (χ3n) is 9.66. The number of hydrogen-bond donors (Lipinski definition) is 1. The highest BCUT2D eigenvalue weighted by molar-refractivity contribution is 5.70. The molecule has 0 unspecified atom stereocenters. The number of allylic oxidation sites excluding steroid dienone is 6. The highest BCUT2D eigenvalue weighted by Crippen LogP contribution is 2.15. The van der Waals surface area contributed by atoms with E-state index in [0.717, 1.165) is 51.4 Å². The number of unbranched alkanes of at least 4 members (excludes halogenated alkanes) is 26. The zero-order chi connectivity index (χ0) is 37.1. The topological polar surface area (TPSA) is 72.8 Å². The van der Waals surface area contributed by atoms with E-state index in [4.69, 9.17) is 9.47 Å². The van der Waals surface area contributed by atoms with Gasteiger partial charge in [-0.2, -0.15) is 0 Å². The lowest BCUT2D eigenvalue weighted by molar-refractivity contribution is -0.161. The molecular formula is C46H84O5. The van der Waals surface area contributed by atoms with Gasteiger partial charge in [0.05, 0.1) is 6.61 Å². The molecule has 0 heterocycles. The van der Waals surface area contributed by atoms with Crippen LogP contribution in [0, 0.1) is 0 Å². The van der Waals surface area contributed by atoms with Crippen molar-refractivity contribution in [3.05, 3.63) is 36.5 Å². The molecule has 0 aromatic heterocycles. The standard InChI is InChI=1S/C46H84O5/c1-3-5-7-9-11-13-15-17-19-20-21-22-23-24-25-26-27-29-31-33-35-37-39-41-46(49)51-44(42-47)43-50-45(48)40-38-36-34-32-30-28-18-16-14-12-10-8-6-4-2/h10,12,16,18,33,35,44,47H,3-9,11,13-15,17,19-32,34,36-43H2,1-2H3/b12-10+,18-16+,35-33+/t44-/m0/s1. The largest absolute Gasteiger partial charge is 0.462 e. The van der Waals surface area contributed by atoms with Gasteiger partial charge in [-0.25, -0.2) is 0 Å². The van der Waals surface area contributed by atoms with Crippen LogP contribution in [0.3, 0.4) is 0 Å². The minimum absolute atomic E-state index is 0.0828. The Morgan fingerprint density at radius 2 is 0.824 bits per heavy atom. The number of carbonyl (C=O) groups is 2. The van der Waals surface area contributed by atoms with Crippen LogP contribution in [0.1, 0.15) is 226 Å². The van der Waals surface area contributed by atoms with Crippen LogP contribution in [-0.4, -0.2) is 36.4 Å². The van der Waals surface area contributed by atoms with Crippen molar-refractivity contribution in [2.24, 2.45) is 0 Å². The lowest BCUT2D eigenvalue weighted by Crippen LogP contribution is -2.28. The van der Waals surface area contributed by atoms with Crippen LogP contribution in [0.15, 0.2) is 36.5 Å². The van der Waals surface area contributed by atoms with E-state index >= 15 is 0 Å².